The first-order valence-corrected chi connectivity index (χ1v) is 5.45. The van der Waals surface area contributed by atoms with Crippen LogP contribution in [0.2, 0.25) is 19.1 Å². The van der Waals surface area contributed by atoms with Crippen LogP contribution in [0.25, 0.3) is 0 Å². The first-order chi connectivity index (χ1) is 3.77. The first kappa shape index (κ1) is 7.76. The Hall–Kier alpha value is -0.243. The van der Waals surface area contributed by atoms with Crippen LogP contribution in [0.3, 0.4) is 0 Å². The third-order valence-corrected chi connectivity index (χ3v) is 1.81. The van der Waals surface area contributed by atoms with Crippen LogP contribution < -0.4 is 0 Å². The second-order valence-corrected chi connectivity index (χ2v) is 4.84. The summed E-state index contributed by atoms with van der Waals surface area (Å²) in [5, 5.41) is 0. The van der Waals surface area contributed by atoms with E-state index in [-0.39, 0.29) is 8.80 Å². The van der Waals surface area contributed by atoms with Crippen LogP contribution in [0.15, 0.2) is 12.3 Å². The summed E-state index contributed by atoms with van der Waals surface area (Å²) in [5.41, 5.74) is 0. The molecule has 0 saturated heterocycles. The molecule has 0 amide bonds. The van der Waals surface area contributed by atoms with Crippen LogP contribution in [0.5, 0.6) is 0 Å². The van der Waals surface area contributed by atoms with E-state index in [4.69, 9.17) is 4.74 Å². The summed E-state index contributed by atoms with van der Waals surface area (Å²) in [6.45, 7) is 4.56. The zero-order chi connectivity index (χ0) is 6.41. The third-order valence-electron chi connectivity index (χ3n) is 0.758. The molecule has 1 nitrogen and oxygen atoms in total. The van der Waals surface area contributed by atoms with Crippen LogP contribution in [0.1, 0.15) is 0 Å². The Morgan fingerprint density at radius 2 is 2.12 bits per heavy atom. The second-order valence-electron chi connectivity index (χ2n) is 2.02. The fourth-order valence-electron chi connectivity index (χ4n) is 0.380. The van der Waals surface area contributed by atoms with Crippen molar-refractivity contribution in [1.29, 1.82) is 0 Å². The maximum Gasteiger partial charge on any atom is 0.0781 e. The van der Waals surface area contributed by atoms with E-state index < -0.39 is 0 Å². The van der Waals surface area contributed by atoms with Crippen LogP contribution >= 0.6 is 0 Å². The minimum Gasteiger partial charge on any atom is -0.505 e. The molecule has 0 saturated carbocycles. The molecule has 0 aliphatic rings. The highest BCUT2D eigenvalue weighted by molar-refractivity contribution is 6.56. The van der Waals surface area contributed by atoms with Gasteiger partial charge in [0, 0.05) is 8.80 Å². The largest absolute Gasteiger partial charge is 0.505 e. The van der Waals surface area contributed by atoms with E-state index in [9.17, 15) is 0 Å². The molecular weight excluding hydrogens is 116 g/mol. The molecule has 0 rings (SSSR count). The van der Waals surface area contributed by atoms with E-state index in [1.807, 2.05) is 0 Å². The molecule has 0 aliphatic carbocycles. The molecule has 0 bridgehead atoms. The molecule has 0 spiro atoms. The topological polar surface area (TPSA) is 9.23 Å². The van der Waals surface area contributed by atoms with Gasteiger partial charge in [0.1, 0.15) is 0 Å². The van der Waals surface area contributed by atoms with Crippen LogP contribution in [-0.2, 0) is 4.74 Å². The third kappa shape index (κ3) is 5.76. The average Bonchev–Trinajstić information content (AvgIpc) is 1.66. The lowest BCUT2D eigenvalue weighted by Crippen LogP contribution is -1.94. The summed E-state index contributed by atoms with van der Waals surface area (Å²) in [4.78, 5) is 0. The Labute approximate surface area is 53.0 Å². The van der Waals surface area contributed by atoms with Crippen molar-refractivity contribution in [2.45, 2.75) is 19.1 Å². The van der Waals surface area contributed by atoms with Crippen LogP contribution in [0.4, 0.5) is 0 Å². The van der Waals surface area contributed by atoms with Gasteiger partial charge in [-0.15, -0.1) is 0 Å². The van der Waals surface area contributed by atoms with Gasteiger partial charge < -0.3 is 4.74 Å². The molecule has 0 heterocycles. The fourth-order valence-corrected chi connectivity index (χ4v) is 0.948. The van der Waals surface area contributed by atoms with E-state index in [2.05, 4.69) is 19.2 Å². The number of rotatable bonds is 3. The maximum atomic E-state index is 4.73. The Morgan fingerprint density at radius 1 is 1.50 bits per heavy atom. The van der Waals surface area contributed by atoms with Crippen LogP contribution in [0, 0.1) is 0 Å². The van der Waals surface area contributed by atoms with Gasteiger partial charge >= 0.3 is 0 Å². The van der Waals surface area contributed by atoms with E-state index >= 15 is 0 Å². The van der Waals surface area contributed by atoms with Gasteiger partial charge in [0.2, 0.25) is 0 Å². The molecule has 0 aromatic rings. The molecule has 0 fully saturated rings. The lowest BCUT2D eigenvalue weighted by atomic mass is 10.7. The Bertz CT molecular complexity index is 68.9. The number of hydrogen-bond acceptors (Lipinski definition) is 1. The van der Waals surface area contributed by atoms with Gasteiger partial charge in [0.15, 0.2) is 0 Å². The van der Waals surface area contributed by atoms with E-state index in [1.54, 1.807) is 13.4 Å². The normalized spacial score (nSPS) is 11.0. The molecule has 1 radical (unpaired) electrons. The highest BCUT2D eigenvalue weighted by atomic mass is 28.3. The minimum absolute atomic E-state index is 0.0739. The summed E-state index contributed by atoms with van der Waals surface area (Å²) < 4.78 is 4.73. The molecule has 0 unspecified atom stereocenters. The quantitative estimate of drug-likeness (QED) is 0.418. The molecule has 0 aromatic heterocycles. The predicted molar refractivity (Wildman–Crippen MR) is 38.4 cm³/mol. The summed E-state index contributed by atoms with van der Waals surface area (Å²) in [5.74, 6) is 0. The van der Waals surface area contributed by atoms with Gasteiger partial charge in [-0.05, 0) is 6.04 Å². The number of allylic oxidation sites excluding steroid dienone is 1. The molecule has 8 heavy (non-hydrogen) atoms. The van der Waals surface area contributed by atoms with Crippen molar-refractivity contribution in [2.75, 3.05) is 7.11 Å². The molecule has 47 valence electrons. The molecule has 0 aliphatic heterocycles. The number of methoxy groups -OCH3 is 1. The minimum atomic E-state index is -0.0739. The predicted octanol–water partition coefficient (Wildman–Crippen LogP) is 1.90. The smallest absolute Gasteiger partial charge is 0.0781 e. The molecular formula is C6H13OSi. The van der Waals surface area contributed by atoms with E-state index in [0.717, 1.165) is 0 Å². The van der Waals surface area contributed by atoms with Crippen molar-refractivity contribution in [3.63, 3.8) is 0 Å². The van der Waals surface area contributed by atoms with Gasteiger partial charge in [0.25, 0.3) is 0 Å². The molecule has 0 aromatic carbocycles. The lowest BCUT2D eigenvalue weighted by molar-refractivity contribution is 0.337. The number of hydrogen-bond donors (Lipinski definition) is 0. The summed E-state index contributed by atoms with van der Waals surface area (Å²) >= 11 is 0. The SMILES string of the molecule is COC=CC[Si](C)C. The standard InChI is InChI=1S/C6H13OSi/c1-7-5-4-6-8(2)3/h4-5H,6H2,1-3H3. The zero-order valence-electron chi connectivity index (χ0n) is 5.77. The van der Waals surface area contributed by atoms with Gasteiger partial charge in [-0.25, -0.2) is 0 Å². The van der Waals surface area contributed by atoms with Crippen LogP contribution in [-0.4, -0.2) is 15.9 Å². The summed E-state index contributed by atoms with van der Waals surface area (Å²) in [6.07, 6.45) is 3.83. The molecule has 2 heteroatoms. The highest BCUT2D eigenvalue weighted by Gasteiger charge is 1.88. The maximum absolute atomic E-state index is 4.73. The van der Waals surface area contributed by atoms with Gasteiger partial charge in [-0.1, -0.05) is 19.2 Å². The average molecular weight is 129 g/mol. The van der Waals surface area contributed by atoms with Gasteiger partial charge in [-0.3, -0.25) is 0 Å². The van der Waals surface area contributed by atoms with Crippen molar-refractivity contribution >= 4 is 8.80 Å². The van der Waals surface area contributed by atoms with Crippen molar-refractivity contribution < 1.29 is 4.74 Å². The van der Waals surface area contributed by atoms with E-state index in [1.165, 1.54) is 6.04 Å². The van der Waals surface area contributed by atoms with Crippen molar-refractivity contribution in [3.8, 4) is 0 Å². The Kier molecular flexibility index (Phi) is 4.76. The second kappa shape index (κ2) is 4.90. The fraction of sp³-hybridized carbons (Fsp3) is 0.667. The molecule has 0 atom stereocenters. The van der Waals surface area contributed by atoms with Gasteiger partial charge in [0.05, 0.1) is 13.4 Å². The monoisotopic (exact) mass is 129 g/mol. The van der Waals surface area contributed by atoms with Crippen molar-refractivity contribution in [3.05, 3.63) is 12.3 Å². The summed E-state index contributed by atoms with van der Waals surface area (Å²) in [7, 11) is 1.60. The highest BCUT2D eigenvalue weighted by Crippen LogP contribution is 1.91. The lowest BCUT2D eigenvalue weighted by Gasteiger charge is -1.92. The zero-order valence-corrected chi connectivity index (χ0v) is 6.77. The van der Waals surface area contributed by atoms with E-state index in [0.29, 0.717) is 0 Å². The Morgan fingerprint density at radius 3 is 2.50 bits per heavy atom. The van der Waals surface area contributed by atoms with Crippen molar-refractivity contribution in [2.24, 2.45) is 0 Å². The number of ether oxygens (including phenoxy) is 1. The summed E-state index contributed by atoms with van der Waals surface area (Å²) in [6, 6.07) is 1.21. The Balaban J connectivity index is 3.03. The first-order valence-electron chi connectivity index (χ1n) is 2.74. The van der Waals surface area contributed by atoms with Crippen molar-refractivity contribution in [1.82, 2.24) is 0 Å². The molecule has 0 N–H and O–H groups in total. The van der Waals surface area contributed by atoms with Gasteiger partial charge in [-0.2, -0.15) is 0 Å².